The summed E-state index contributed by atoms with van der Waals surface area (Å²) in [5.41, 5.74) is 7.24. The minimum absolute atomic E-state index is 0.158. The summed E-state index contributed by atoms with van der Waals surface area (Å²) in [6.45, 7) is 3.60. The van der Waals surface area contributed by atoms with Gasteiger partial charge in [0.25, 0.3) is 0 Å². The maximum Gasteiger partial charge on any atom is 0.222 e. The van der Waals surface area contributed by atoms with Crippen molar-refractivity contribution in [3.63, 3.8) is 0 Å². The maximum absolute atomic E-state index is 12.0. The van der Waals surface area contributed by atoms with E-state index in [-0.39, 0.29) is 11.9 Å². The number of methoxy groups -OCH3 is 1. The average molecular weight is 276 g/mol. The summed E-state index contributed by atoms with van der Waals surface area (Å²) >= 11 is 0. The van der Waals surface area contributed by atoms with E-state index in [0.29, 0.717) is 18.9 Å². The van der Waals surface area contributed by atoms with Crippen LogP contribution in [0.15, 0.2) is 24.3 Å². The lowest BCUT2D eigenvalue weighted by atomic mass is 10.0. The van der Waals surface area contributed by atoms with E-state index >= 15 is 0 Å². The number of carbonyl (C=O) groups is 1. The van der Waals surface area contributed by atoms with Crippen molar-refractivity contribution in [3.8, 4) is 5.75 Å². The van der Waals surface area contributed by atoms with Gasteiger partial charge in [-0.25, -0.2) is 0 Å². The van der Waals surface area contributed by atoms with Crippen LogP contribution in [-0.2, 0) is 4.79 Å². The molecule has 2 N–H and O–H groups in total. The average Bonchev–Trinajstić information content (AvgIpc) is 2.79. The molecule has 1 saturated heterocycles. The Morgan fingerprint density at radius 2 is 2.30 bits per heavy atom. The number of amides is 1. The molecule has 1 aromatic carbocycles. The van der Waals surface area contributed by atoms with E-state index in [1.54, 1.807) is 7.11 Å². The van der Waals surface area contributed by atoms with Gasteiger partial charge in [0.15, 0.2) is 0 Å². The van der Waals surface area contributed by atoms with Crippen LogP contribution in [0.4, 0.5) is 0 Å². The monoisotopic (exact) mass is 276 g/mol. The van der Waals surface area contributed by atoms with Crippen LogP contribution < -0.4 is 10.5 Å². The molecule has 2 rings (SSSR count). The lowest BCUT2D eigenvalue weighted by Gasteiger charge is -2.22. The molecule has 1 amide bonds. The number of benzene rings is 1. The van der Waals surface area contributed by atoms with Gasteiger partial charge in [-0.2, -0.15) is 0 Å². The minimum Gasteiger partial charge on any atom is -0.497 e. The number of ether oxygens (including phenoxy) is 1. The third kappa shape index (κ3) is 3.51. The molecule has 0 saturated carbocycles. The normalized spacial score (nSPS) is 20.2. The van der Waals surface area contributed by atoms with Gasteiger partial charge in [0.05, 0.1) is 7.11 Å². The summed E-state index contributed by atoms with van der Waals surface area (Å²) < 4.78 is 5.21. The van der Waals surface area contributed by atoms with Crippen molar-refractivity contribution in [2.75, 3.05) is 20.2 Å². The highest BCUT2D eigenvalue weighted by molar-refractivity contribution is 5.78. The zero-order valence-electron chi connectivity index (χ0n) is 12.3. The first kappa shape index (κ1) is 14.9. The van der Waals surface area contributed by atoms with Crippen molar-refractivity contribution < 1.29 is 9.53 Å². The van der Waals surface area contributed by atoms with Gasteiger partial charge < -0.3 is 15.4 Å². The molecule has 0 radical (unpaired) electrons. The number of hydrogen-bond donors (Lipinski definition) is 1. The van der Waals surface area contributed by atoms with Crippen LogP contribution in [0.5, 0.6) is 5.75 Å². The van der Waals surface area contributed by atoms with Crippen molar-refractivity contribution in [2.45, 2.75) is 32.2 Å². The van der Waals surface area contributed by atoms with Gasteiger partial charge in [0.2, 0.25) is 5.91 Å². The molecule has 2 atom stereocenters. The highest BCUT2D eigenvalue weighted by Crippen LogP contribution is 2.25. The molecule has 0 bridgehead atoms. The molecule has 1 fully saturated rings. The molecule has 1 aromatic rings. The molecule has 1 aliphatic heterocycles. The van der Waals surface area contributed by atoms with Crippen molar-refractivity contribution in [2.24, 2.45) is 11.7 Å². The summed E-state index contributed by atoms with van der Waals surface area (Å²) in [6.07, 6.45) is 2.93. The van der Waals surface area contributed by atoms with Crippen LogP contribution in [0.1, 0.15) is 37.8 Å². The third-order valence-corrected chi connectivity index (χ3v) is 3.93. The Hall–Kier alpha value is -1.55. The van der Waals surface area contributed by atoms with Crippen LogP contribution in [0.3, 0.4) is 0 Å². The van der Waals surface area contributed by atoms with E-state index in [9.17, 15) is 4.79 Å². The number of nitrogens with two attached hydrogens (primary N) is 1. The van der Waals surface area contributed by atoms with Crippen molar-refractivity contribution in [3.05, 3.63) is 29.8 Å². The van der Waals surface area contributed by atoms with E-state index in [1.165, 1.54) is 0 Å². The molecular formula is C16H24N2O2. The maximum atomic E-state index is 12.0. The van der Waals surface area contributed by atoms with Gasteiger partial charge >= 0.3 is 0 Å². The van der Waals surface area contributed by atoms with Gasteiger partial charge in [0, 0.05) is 25.6 Å². The van der Waals surface area contributed by atoms with E-state index in [0.717, 1.165) is 30.7 Å². The quantitative estimate of drug-likeness (QED) is 0.867. The Bertz CT molecular complexity index is 462. The van der Waals surface area contributed by atoms with E-state index in [1.807, 2.05) is 29.2 Å². The Balaban J connectivity index is 1.97. The molecule has 1 aliphatic rings. The van der Waals surface area contributed by atoms with E-state index in [4.69, 9.17) is 10.5 Å². The van der Waals surface area contributed by atoms with E-state index in [2.05, 4.69) is 6.92 Å². The third-order valence-electron chi connectivity index (χ3n) is 3.93. The van der Waals surface area contributed by atoms with Crippen LogP contribution in [0.25, 0.3) is 0 Å². The first-order chi connectivity index (χ1) is 9.63. The Morgan fingerprint density at radius 1 is 1.50 bits per heavy atom. The smallest absolute Gasteiger partial charge is 0.222 e. The van der Waals surface area contributed by atoms with Crippen LogP contribution in [0, 0.1) is 5.92 Å². The van der Waals surface area contributed by atoms with Gasteiger partial charge in [0.1, 0.15) is 5.75 Å². The Kier molecular flexibility index (Phi) is 5.01. The van der Waals surface area contributed by atoms with E-state index < -0.39 is 0 Å². The van der Waals surface area contributed by atoms with Gasteiger partial charge in [-0.15, -0.1) is 0 Å². The summed E-state index contributed by atoms with van der Waals surface area (Å²) in [5.74, 6) is 1.54. The predicted molar refractivity (Wildman–Crippen MR) is 79.5 cm³/mol. The summed E-state index contributed by atoms with van der Waals surface area (Å²) in [7, 11) is 1.64. The zero-order valence-corrected chi connectivity index (χ0v) is 12.3. The number of rotatable bonds is 6. The van der Waals surface area contributed by atoms with Gasteiger partial charge in [-0.3, -0.25) is 4.79 Å². The summed E-state index contributed by atoms with van der Waals surface area (Å²) in [6, 6.07) is 7.59. The highest BCUT2D eigenvalue weighted by atomic mass is 16.5. The zero-order chi connectivity index (χ0) is 14.5. The number of carbonyl (C=O) groups excluding carboxylic acids is 1. The fourth-order valence-corrected chi connectivity index (χ4v) is 2.85. The Labute approximate surface area is 120 Å². The molecule has 1 heterocycles. The highest BCUT2D eigenvalue weighted by Gasteiger charge is 2.29. The lowest BCUT2D eigenvalue weighted by molar-refractivity contribution is -0.127. The van der Waals surface area contributed by atoms with Crippen LogP contribution in [0.2, 0.25) is 0 Å². The Morgan fingerprint density at radius 3 is 3.00 bits per heavy atom. The largest absolute Gasteiger partial charge is 0.497 e. The number of hydrogen-bond acceptors (Lipinski definition) is 3. The predicted octanol–water partition coefficient (Wildman–Crippen LogP) is 2.34. The molecular weight excluding hydrogens is 252 g/mol. The first-order valence-corrected chi connectivity index (χ1v) is 7.31. The second-order valence-electron chi connectivity index (χ2n) is 5.54. The molecule has 4 heteroatoms. The summed E-state index contributed by atoms with van der Waals surface area (Å²) in [5, 5.41) is 0. The van der Waals surface area contributed by atoms with Crippen LogP contribution in [-0.4, -0.2) is 31.0 Å². The standard InChI is InChI=1S/C16H24N2O2/c1-3-5-12-8-16(19)18(10-12)11-15(17)13-6-4-7-14(9-13)20-2/h4,6-7,9,12,15H,3,5,8,10-11,17H2,1-2H3. The van der Waals surface area contributed by atoms with Crippen molar-refractivity contribution in [1.29, 1.82) is 0 Å². The lowest BCUT2D eigenvalue weighted by Crippen LogP contribution is -2.33. The SMILES string of the molecule is CCCC1CC(=O)N(CC(N)c2cccc(OC)c2)C1. The number of nitrogens with zero attached hydrogens (tertiary/aromatic N) is 1. The minimum atomic E-state index is -0.158. The molecule has 2 unspecified atom stereocenters. The second-order valence-corrected chi connectivity index (χ2v) is 5.54. The van der Waals surface area contributed by atoms with Gasteiger partial charge in [-0.05, 0) is 30.0 Å². The number of likely N-dealkylation sites (tertiary alicyclic amines) is 1. The fourth-order valence-electron chi connectivity index (χ4n) is 2.85. The first-order valence-electron chi connectivity index (χ1n) is 7.31. The molecule has 0 aliphatic carbocycles. The molecule has 20 heavy (non-hydrogen) atoms. The second kappa shape index (κ2) is 6.75. The molecule has 0 spiro atoms. The van der Waals surface area contributed by atoms with Crippen molar-refractivity contribution in [1.82, 2.24) is 4.90 Å². The van der Waals surface area contributed by atoms with Gasteiger partial charge in [-0.1, -0.05) is 25.5 Å². The molecule has 110 valence electrons. The molecule has 4 nitrogen and oxygen atoms in total. The topological polar surface area (TPSA) is 55.6 Å². The van der Waals surface area contributed by atoms with Crippen LogP contribution >= 0.6 is 0 Å². The summed E-state index contributed by atoms with van der Waals surface area (Å²) in [4.78, 5) is 13.9. The fraction of sp³-hybridized carbons (Fsp3) is 0.562. The van der Waals surface area contributed by atoms with Crippen molar-refractivity contribution >= 4 is 5.91 Å². The molecule has 0 aromatic heterocycles.